The molecule has 0 saturated carbocycles. The number of rotatable bonds is 4. The molecule has 2 nitrogen and oxygen atoms in total. The molecule has 3 heteroatoms. The zero-order chi connectivity index (χ0) is 13.0. The molecule has 1 saturated heterocycles. The van der Waals surface area contributed by atoms with Crippen molar-refractivity contribution < 1.29 is 9.47 Å². The van der Waals surface area contributed by atoms with Gasteiger partial charge in [-0.1, -0.05) is 6.07 Å². The van der Waals surface area contributed by atoms with Gasteiger partial charge in [-0.2, -0.15) is 12.6 Å². The van der Waals surface area contributed by atoms with E-state index in [-0.39, 0.29) is 5.41 Å². The standard InChI is InChI=1S/C15H22O2S/c1-12-7-13(2)9-14(8-12)17-10-15(11-18)3-5-16-6-4-15/h7-9,18H,3-6,10-11H2,1-2H3. The zero-order valence-corrected chi connectivity index (χ0v) is 12.1. The lowest BCUT2D eigenvalue weighted by Crippen LogP contribution is -2.36. The van der Waals surface area contributed by atoms with Gasteiger partial charge in [0.2, 0.25) is 0 Å². The van der Waals surface area contributed by atoms with Crippen LogP contribution in [0.1, 0.15) is 24.0 Å². The maximum absolute atomic E-state index is 6.00. The molecule has 18 heavy (non-hydrogen) atoms. The molecule has 1 aliphatic rings. The minimum Gasteiger partial charge on any atom is -0.493 e. The third-order valence-electron chi connectivity index (χ3n) is 3.63. The Balaban J connectivity index is 2.00. The van der Waals surface area contributed by atoms with Crippen molar-refractivity contribution in [1.29, 1.82) is 0 Å². The Labute approximate surface area is 115 Å². The molecule has 0 bridgehead atoms. The average molecular weight is 266 g/mol. The normalized spacial score (nSPS) is 18.6. The van der Waals surface area contributed by atoms with Crippen LogP contribution < -0.4 is 4.74 Å². The predicted molar refractivity (Wildman–Crippen MR) is 77.8 cm³/mol. The smallest absolute Gasteiger partial charge is 0.119 e. The molecule has 1 aliphatic heterocycles. The van der Waals surface area contributed by atoms with Gasteiger partial charge in [-0.05, 0) is 55.7 Å². The van der Waals surface area contributed by atoms with Crippen molar-refractivity contribution in [3.63, 3.8) is 0 Å². The van der Waals surface area contributed by atoms with E-state index in [1.807, 2.05) is 0 Å². The minimum absolute atomic E-state index is 0.180. The third kappa shape index (κ3) is 3.42. The number of ether oxygens (including phenoxy) is 2. The molecular formula is C15H22O2S. The molecule has 0 aliphatic carbocycles. The van der Waals surface area contributed by atoms with Crippen molar-refractivity contribution in [3.8, 4) is 5.75 Å². The summed E-state index contributed by atoms with van der Waals surface area (Å²) < 4.78 is 11.4. The highest BCUT2D eigenvalue weighted by molar-refractivity contribution is 7.80. The zero-order valence-electron chi connectivity index (χ0n) is 11.2. The fraction of sp³-hybridized carbons (Fsp3) is 0.600. The van der Waals surface area contributed by atoms with Crippen molar-refractivity contribution >= 4 is 12.6 Å². The molecule has 0 unspecified atom stereocenters. The van der Waals surface area contributed by atoms with Crippen molar-refractivity contribution in [1.82, 2.24) is 0 Å². The first kappa shape index (κ1) is 13.8. The number of benzene rings is 1. The number of thiol groups is 1. The molecule has 0 amide bonds. The first-order valence-corrected chi connectivity index (χ1v) is 7.17. The van der Waals surface area contributed by atoms with Gasteiger partial charge in [0, 0.05) is 18.6 Å². The molecular weight excluding hydrogens is 244 g/mol. The van der Waals surface area contributed by atoms with Crippen LogP contribution in [-0.2, 0) is 4.74 Å². The number of hydrogen-bond acceptors (Lipinski definition) is 3. The molecule has 0 aromatic heterocycles. The van der Waals surface area contributed by atoms with E-state index in [9.17, 15) is 0 Å². The summed E-state index contributed by atoms with van der Waals surface area (Å²) in [6, 6.07) is 6.35. The van der Waals surface area contributed by atoms with Crippen LogP contribution in [-0.4, -0.2) is 25.6 Å². The van der Waals surface area contributed by atoms with Gasteiger partial charge in [0.1, 0.15) is 5.75 Å². The van der Waals surface area contributed by atoms with E-state index in [4.69, 9.17) is 9.47 Å². The first-order chi connectivity index (χ1) is 8.63. The van der Waals surface area contributed by atoms with E-state index in [1.54, 1.807) is 0 Å². The predicted octanol–water partition coefficient (Wildman–Crippen LogP) is 3.41. The van der Waals surface area contributed by atoms with Crippen LogP contribution in [0.2, 0.25) is 0 Å². The van der Waals surface area contributed by atoms with Crippen LogP contribution >= 0.6 is 12.6 Å². The van der Waals surface area contributed by atoms with Gasteiger partial charge in [-0.3, -0.25) is 0 Å². The molecule has 1 fully saturated rings. The average Bonchev–Trinajstić information content (AvgIpc) is 2.36. The van der Waals surface area contributed by atoms with Crippen LogP contribution in [0.25, 0.3) is 0 Å². The van der Waals surface area contributed by atoms with E-state index < -0.39 is 0 Å². The summed E-state index contributed by atoms with van der Waals surface area (Å²) in [5, 5.41) is 0. The summed E-state index contributed by atoms with van der Waals surface area (Å²) in [5.74, 6) is 1.83. The fourth-order valence-electron chi connectivity index (χ4n) is 2.41. The summed E-state index contributed by atoms with van der Waals surface area (Å²) in [6.45, 7) is 6.60. The topological polar surface area (TPSA) is 18.5 Å². The van der Waals surface area contributed by atoms with E-state index in [0.29, 0.717) is 0 Å². The summed E-state index contributed by atoms with van der Waals surface area (Å²) in [7, 11) is 0. The van der Waals surface area contributed by atoms with Crippen molar-refractivity contribution in [2.75, 3.05) is 25.6 Å². The second-order valence-corrected chi connectivity index (χ2v) is 5.70. The van der Waals surface area contributed by atoms with Gasteiger partial charge in [0.25, 0.3) is 0 Å². The van der Waals surface area contributed by atoms with Crippen LogP contribution in [0.15, 0.2) is 18.2 Å². The maximum atomic E-state index is 6.00. The second-order valence-electron chi connectivity index (χ2n) is 5.38. The van der Waals surface area contributed by atoms with E-state index in [2.05, 4.69) is 44.7 Å². The molecule has 0 N–H and O–H groups in total. The SMILES string of the molecule is Cc1cc(C)cc(OCC2(CS)CCOCC2)c1. The Morgan fingerprint density at radius 1 is 1.17 bits per heavy atom. The van der Waals surface area contributed by atoms with E-state index in [0.717, 1.165) is 44.2 Å². The van der Waals surface area contributed by atoms with Gasteiger partial charge in [-0.25, -0.2) is 0 Å². The highest BCUT2D eigenvalue weighted by Crippen LogP contribution is 2.32. The summed E-state index contributed by atoms with van der Waals surface area (Å²) >= 11 is 4.50. The van der Waals surface area contributed by atoms with Crippen LogP contribution in [0.5, 0.6) is 5.75 Å². The lowest BCUT2D eigenvalue weighted by molar-refractivity contribution is 0.00309. The molecule has 1 heterocycles. The van der Waals surface area contributed by atoms with Gasteiger partial charge in [0.15, 0.2) is 0 Å². The number of hydrogen-bond donors (Lipinski definition) is 1. The Bertz CT molecular complexity index is 377. The molecule has 0 atom stereocenters. The number of aryl methyl sites for hydroxylation is 2. The first-order valence-electron chi connectivity index (χ1n) is 6.53. The molecule has 2 rings (SSSR count). The van der Waals surface area contributed by atoms with Crippen LogP contribution in [0, 0.1) is 19.3 Å². The van der Waals surface area contributed by atoms with E-state index in [1.165, 1.54) is 11.1 Å². The second kappa shape index (κ2) is 5.98. The van der Waals surface area contributed by atoms with Gasteiger partial charge in [-0.15, -0.1) is 0 Å². The molecule has 1 aromatic rings. The Kier molecular flexibility index (Phi) is 4.57. The van der Waals surface area contributed by atoms with Crippen molar-refractivity contribution in [2.45, 2.75) is 26.7 Å². The lowest BCUT2D eigenvalue weighted by Gasteiger charge is -2.35. The van der Waals surface area contributed by atoms with Crippen molar-refractivity contribution in [3.05, 3.63) is 29.3 Å². The molecule has 100 valence electrons. The Morgan fingerprint density at radius 3 is 2.33 bits per heavy atom. The van der Waals surface area contributed by atoms with Gasteiger partial charge in [0.05, 0.1) is 6.61 Å². The summed E-state index contributed by atoms with van der Waals surface area (Å²) in [5.41, 5.74) is 2.67. The minimum atomic E-state index is 0.180. The highest BCUT2D eigenvalue weighted by Gasteiger charge is 2.32. The third-order valence-corrected chi connectivity index (χ3v) is 4.30. The Hall–Kier alpha value is -0.670. The van der Waals surface area contributed by atoms with Crippen LogP contribution in [0.4, 0.5) is 0 Å². The molecule has 0 radical (unpaired) electrons. The van der Waals surface area contributed by atoms with Crippen molar-refractivity contribution in [2.24, 2.45) is 5.41 Å². The Morgan fingerprint density at radius 2 is 1.78 bits per heavy atom. The highest BCUT2D eigenvalue weighted by atomic mass is 32.1. The molecule has 0 spiro atoms. The molecule has 1 aromatic carbocycles. The summed E-state index contributed by atoms with van der Waals surface area (Å²) in [6.07, 6.45) is 2.09. The maximum Gasteiger partial charge on any atom is 0.119 e. The van der Waals surface area contributed by atoms with Crippen LogP contribution in [0.3, 0.4) is 0 Å². The lowest BCUT2D eigenvalue weighted by atomic mass is 9.83. The fourth-order valence-corrected chi connectivity index (χ4v) is 2.81. The largest absolute Gasteiger partial charge is 0.493 e. The quantitative estimate of drug-likeness (QED) is 0.842. The van der Waals surface area contributed by atoms with E-state index >= 15 is 0 Å². The monoisotopic (exact) mass is 266 g/mol. The van der Waals surface area contributed by atoms with Gasteiger partial charge >= 0.3 is 0 Å². The van der Waals surface area contributed by atoms with Gasteiger partial charge < -0.3 is 9.47 Å². The summed E-state index contributed by atoms with van der Waals surface area (Å²) in [4.78, 5) is 0.